The summed E-state index contributed by atoms with van der Waals surface area (Å²) in [6, 6.07) is 3.59. The molecule has 2 bridgehead atoms. The van der Waals surface area contributed by atoms with E-state index in [4.69, 9.17) is 26.8 Å². The number of carbonyl (C=O) groups is 2. The number of aromatic nitrogens is 2. The number of halogens is 1. The fourth-order valence-corrected chi connectivity index (χ4v) is 5.69. The number of rotatable bonds is 7. The molecule has 4 N–H and O–H groups in total. The van der Waals surface area contributed by atoms with Crippen LogP contribution in [0.3, 0.4) is 0 Å². The number of amides is 2. The van der Waals surface area contributed by atoms with E-state index in [0.717, 1.165) is 30.5 Å². The zero-order chi connectivity index (χ0) is 25.4. The van der Waals surface area contributed by atoms with Crippen molar-refractivity contribution >= 4 is 46.7 Å². The first-order chi connectivity index (χ1) is 17.4. The molecule has 36 heavy (non-hydrogen) atoms. The van der Waals surface area contributed by atoms with Crippen LogP contribution in [0, 0.1) is 11.8 Å². The van der Waals surface area contributed by atoms with Crippen molar-refractivity contribution < 1.29 is 19.1 Å². The van der Waals surface area contributed by atoms with Gasteiger partial charge in [-0.1, -0.05) is 23.8 Å². The van der Waals surface area contributed by atoms with Crippen LogP contribution in [0.2, 0.25) is 5.02 Å². The van der Waals surface area contributed by atoms with Crippen molar-refractivity contribution in [1.29, 1.82) is 0 Å². The number of methoxy groups -OCH3 is 1. The van der Waals surface area contributed by atoms with E-state index in [1.54, 1.807) is 12.0 Å². The second kappa shape index (κ2) is 9.85. The molecule has 2 aliphatic carbocycles. The molecule has 0 spiro atoms. The molecule has 10 nitrogen and oxygen atoms in total. The number of anilines is 4. The average Bonchev–Trinajstić information content (AvgIpc) is 3.40. The Morgan fingerprint density at radius 2 is 2.08 bits per heavy atom. The first kappa shape index (κ1) is 24.2. The summed E-state index contributed by atoms with van der Waals surface area (Å²) < 4.78 is 11.2. The minimum atomic E-state index is -0.803. The quantitative estimate of drug-likeness (QED) is 0.474. The van der Waals surface area contributed by atoms with Gasteiger partial charge in [-0.25, -0.2) is 9.78 Å². The third kappa shape index (κ3) is 4.41. The highest BCUT2D eigenvalue weighted by molar-refractivity contribution is 6.32. The van der Waals surface area contributed by atoms with Crippen LogP contribution in [-0.4, -0.2) is 47.8 Å². The van der Waals surface area contributed by atoms with E-state index in [2.05, 4.69) is 32.8 Å². The molecule has 0 saturated heterocycles. The Kier molecular flexibility index (Phi) is 6.61. The molecule has 2 heterocycles. The average molecular weight is 513 g/mol. The van der Waals surface area contributed by atoms with Crippen molar-refractivity contribution in [1.82, 2.24) is 9.97 Å². The highest BCUT2D eigenvalue weighted by atomic mass is 35.5. The molecule has 0 radical (unpaired) electrons. The smallest absolute Gasteiger partial charge is 0.404 e. The number of nitrogens with one attached hydrogen (secondary N) is 2. The van der Waals surface area contributed by atoms with Crippen LogP contribution >= 0.6 is 11.6 Å². The van der Waals surface area contributed by atoms with Crippen LogP contribution in [0.15, 0.2) is 30.5 Å². The number of carbonyl (C=O) groups excluding carboxylic acids is 2. The van der Waals surface area contributed by atoms with E-state index in [9.17, 15) is 9.59 Å². The molecule has 11 heteroatoms. The highest BCUT2D eigenvalue weighted by Crippen LogP contribution is 2.43. The van der Waals surface area contributed by atoms with Crippen LogP contribution in [0.25, 0.3) is 0 Å². The Morgan fingerprint density at radius 3 is 2.83 bits per heavy atom. The highest BCUT2D eigenvalue weighted by Gasteiger charge is 2.47. The second-order valence-electron chi connectivity index (χ2n) is 9.17. The summed E-state index contributed by atoms with van der Waals surface area (Å²) in [7, 11) is 1.61. The zero-order valence-electron chi connectivity index (χ0n) is 20.2. The molecule has 1 saturated carbocycles. The number of primary amides is 1. The van der Waals surface area contributed by atoms with E-state index in [-0.39, 0.29) is 23.8 Å². The van der Waals surface area contributed by atoms with E-state index < -0.39 is 12.2 Å². The predicted molar refractivity (Wildman–Crippen MR) is 137 cm³/mol. The molecular weight excluding hydrogens is 484 g/mol. The number of ether oxygens (including phenoxy) is 2. The van der Waals surface area contributed by atoms with E-state index in [1.165, 1.54) is 6.20 Å². The number of hydrogen-bond donors (Lipinski definition) is 3. The molecule has 4 unspecified atom stereocenters. The number of nitrogens with zero attached hydrogens (tertiary/aromatic N) is 3. The van der Waals surface area contributed by atoms with Crippen LogP contribution < -0.4 is 26.0 Å². The van der Waals surface area contributed by atoms with Crippen molar-refractivity contribution in [3.63, 3.8) is 0 Å². The summed E-state index contributed by atoms with van der Waals surface area (Å²) in [4.78, 5) is 34.7. The Morgan fingerprint density at radius 1 is 1.28 bits per heavy atom. The Bertz CT molecular complexity index is 1220. The molecule has 2 amide bonds. The molecule has 1 aliphatic heterocycles. The summed E-state index contributed by atoms with van der Waals surface area (Å²) in [6.07, 6.45) is 7.33. The SMILES string of the molecule is CCN1C(=O)CCCc2c1ccc(Nc1ncc(Cl)c(NC3C4C=CC(C4)C3OC(N)=O)n1)c2OC. The monoisotopic (exact) mass is 512 g/mol. The van der Waals surface area contributed by atoms with Gasteiger partial charge in [0.1, 0.15) is 16.9 Å². The van der Waals surface area contributed by atoms with Crippen molar-refractivity contribution in [2.24, 2.45) is 17.6 Å². The lowest BCUT2D eigenvalue weighted by Gasteiger charge is -2.28. The normalized spacial score (nSPS) is 24.3. The topological polar surface area (TPSA) is 132 Å². The van der Waals surface area contributed by atoms with Gasteiger partial charge in [0.2, 0.25) is 11.9 Å². The van der Waals surface area contributed by atoms with Crippen molar-refractivity contribution in [2.45, 2.75) is 44.8 Å². The summed E-state index contributed by atoms with van der Waals surface area (Å²) in [6.45, 7) is 2.56. The fourth-order valence-electron chi connectivity index (χ4n) is 5.54. The standard InChI is InChI=1S/C25H29ClN6O4/c1-3-32-18-10-9-17(22(35-2)15(18)5-4-6-19(32)33)29-25-28-12-16(26)23(31-25)30-20-13-7-8-14(11-13)21(20)36-24(27)34/h7-10,12-14,20-21H,3-6,11H2,1-2H3,(H2,27,34)(H2,28,29,30,31). The Hall–Kier alpha value is -3.53. The van der Waals surface area contributed by atoms with Crippen molar-refractivity contribution in [3.8, 4) is 5.75 Å². The van der Waals surface area contributed by atoms with Gasteiger partial charge in [0.15, 0.2) is 5.82 Å². The molecule has 5 rings (SSSR count). The van der Waals surface area contributed by atoms with Gasteiger partial charge in [-0.2, -0.15) is 4.98 Å². The summed E-state index contributed by atoms with van der Waals surface area (Å²) in [5.74, 6) is 1.80. The van der Waals surface area contributed by atoms with Crippen LogP contribution in [0.4, 0.5) is 27.9 Å². The molecule has 1 aromatic carbocycles. The Balaban J connectivity index is 1.41. The lowest BCUT2D eigenvalue weighted by molar-refractivity contribution is -0.118. The third-order valence-electron chi connectivity index (χ3n) is 7.10. The van der Waals surface area contributed by atoms with Gasteiger partial charge in [0.25, 0.3) is 0 Å². The van der Waals surface area contributed by atoms with Gasteiger partial charge in [-0.05, 0) is 38.3 Å². The van der Waals surface area contributed by atoms with E-state index in [0.29, 0.717) is 41.2 Å². The van der Waals surface area contributed by atoms with E-state index in [1.807, 2.05) is 19.1 Å². The predicted octanol–water partition coefficient (Wildman–Crippen LogP) is 4.02. The third-order valence-corrected chi connectivity index (χ3v) is 7.38. The summed E-state index contributed by atoms with van der Waals surface area (Å²) >= 11 is 6.42. The largest absolute Gasteiger partial charge is 0.494 e. The van der Waals surface area contributed by atoms with Crippen molar-refractivity contribution in [3.05, 3.63) is 41.1 Å². The summed E-state index contributed by atoms with van der Waals surface area (Å²) in [5, 5.41) is 6.93. The molecular formula is C25H29ClN6O4. The maximum atomic E-state index is 12.5. The fraction of sp³-hybridized carbons (Fsp3) is 0.440. The number of fused-ring (bicyclic) bond motifs is 3. The van der Waals surface area contributed by atoms with Crippen LogP contribution in [-0.2, 0) is 16.0 Å². The lowest BCUT2D eigenvalue weighted by Crippen LogP contribution is -2.41. The molecule has 3 aliphatic rings. The molecule has 2 aromatic rings. The first-order valence-corrected chi connectivity index (χ1v) is 12.5. The number of hydrogen-bond acceptors (Lipinski definition) is 8. The molecule has 4 atom stereocenters. The maximum absolute atomic E-state index is 12.5. The summed E-state index contributed by atoms with van der Waals surface area (Å²) in [5.41, 5.74) is 7.83. The number of nitrogens with two attached hydrogens (primary N) is 1. The van der Waals surface area contributed by atoms with Gasteiger partial charge < -0.3 is 30.7 Å². The van der Waals surface area contributed by atoms with Gasteiger partial charge in [0, 0.05) is 30.4 Å². The minimum Gasteiger partial charge on any atom is -0.494 e. The van der Waals surface area contributed by atoms with E-state index >= 15 is 0 Å². The molecule has 1 aromatic heterocycles. The maximum Gasteiger partial charge on any atom is 0.404 e. The van der Waals surface area contributed by atoms with Gasteiger partial charge in [-0.15, -0.1) is 0 Å². The lowest BCUT2D eigenvalue weighted by atomic mass is 9.98. The van der Waals surface area contributed by atoms with Gasteiger partial charge >= 0.3 is 6.09 Å². The van der Waals surface area contributed by atoms with Crippen molar-refractivity contribution in [2.75, 3.05) is 29.2 Å². The minimum absolute atomic E-state index is 0.108. The van der Waals surface area contributed by atoms with Gasteiger partial charge in [0.05, 0.1) is 30.7 Å². The zero-order valence-corrected chi connectivity index (χ0v) is 20.9. The van der Waals surface area contributed by atoms with Crippen LogP contribution in [0.1, 0.15) is 31.7 Å². The number of benzene rings is 1. The van der Waals surface area contributed by atoms with Gasteiger partial charge in [-0.3, -0.25) is 4.79 Å². The Labute approximate surface area is 214 Å². The molecule has 1 fully saturated rings. The molecule has 190 valence electrons. The second-order valence-corrected chi connectivity index (χ2v) is 9.58. The first-order valence-electron chi connectivity index (χ1n) is 12.1. The van der Waals surface area contributed by atoms with Crippen LogP contribution in [0.5, 0.6) is 5.75 Å².